The van der Waals surface area contributed by atoms with Crippen LogP contribution in [0, 0.1) is 0 Å². The number of piperazine rings is 1. The molecule has 1 unspecified atom stereocenters. The predicted octanol–water partition coefficient (Wildman–Crippen LogP) is 0.832. The third-order valence-electron chi connectivity index (χ3n) is 3.23. The molecule has 0 saturated carbocycles. The second kappa shape index (κ2) is 4.68. The lowest BCUT2D eigenvalue weighted by Gasteiger charge is -2.36. The summed E-state index contributed by atoms with van der Waals surface area (Å²) >= 11 is 0. The normalized spacial score (nSPS) is 26.3. The number of carbonyl (C=O) groups excluding carboxylic acids is 2. The van der Waals surface area contributed by atoms with E-state index >= 15 is 0 Å². The second-order valence-electron chi connectivity index (χ2n) is 4.47. The standard InChI is InChI=1S/C12H18N2O2/c1-2-5-10-12(16)14(8-11(15)13-10)9-6-3-4-7-9/h3-4,9-10H,2,5-8H2,1H3,(H,13,15). The molecule has 4 nitrogen and oxygen atoms in total. The zero-order chi connectivity index (χ0) is 11.5. The molecular formula is C12H18N2O2. The Hall–Kier alpha value is -1.32. The van der Waals surface area contributed by atoms with E-state index in [1.807, 2.05) is 6.92 Å². The number of hydrogen-bond donors (Lipinski definition) is 1. The third-order valence-corrected chi connectivity index (χ3v) is 3.23. The quantitative estimate of drug-likeness (QED) is 0.719. The molecule has 0 bridgehead atoms. The van der Waals surface area contributed by atoms with Gasteiger partial charge in [-0.1, -0.05) is 25.5 Å². The summed E-state index contributed by atoms with van der Waals surface area (Å²) in [4.78, 5) is 25.4. The summed E-state index contributed by atoms with van der Waals surface area (Å²) in [6.07, 6.45) is 7.59. The summed E-state index contributed by atoms with van der Waals surface area (Å²) in [5.74, 6) is 0.0695. The molecular weight excluding hydrogens is 204 g/mol. The van der Waals surface area contributed by atoms with Crippen LogP contribution in [0.4, 0.5) is 0 Å². The number of amides is 2. The molecule has 0 aromatic rings. The maximum absolute atomic E-state index is 12.1. The first-order valence-corrected chi connectivity index (χ1v) is 5.97. The van der Waals surface area contributed by atoms with E-state index in [0.29, 0.717) is 0 Å². The summed E-state index contributed by atoms with van der Waals surface area (Å²) in [6.45, 7) is 2.25. The molecule has 4 heteroatoms. The van der Waals surface area contributed by atoms with Gasteiger partial charge in [-0.25, -0.2) is 0 Å². The molecule has 16 heavy (non-hydrogen) atoms. The van der Waals surface area contributed by atoms with Gasteiger partial charge in [0.15, 0.2) is 0 Å². The van der Waals surface area contributed by atoms with E-state index in [2.05, 4.69) is 17.5 Å². The van der Waals surface area contributed by atoms with Gasteiger partial charge in [0, 0.05) is 6.04 Å². The lowest BCUT2D eigenvalue weighted by molar-refractivity contribution is -0.146. The fourth-order valence-corrected chi connectivity index (χ4v) is 2.39. The molecule has 1 N–H and O–H groups in total. The summed E-state index contributed by atoms with van der Waals surface area (Å²) in [6, 6.07) is -0.0928. The average Bonchev–Trinajstić information content (AvgIpc) is 2.76. The number of rotatable bonds is 3. The Balaban J connectivity index is 2.05. The molecule has 1 atom stereocenters. The van der Waals surface area contributed by atoms with Crippen LogP contribution in [0.5, 0.6) is 0 Å². The van der Waals surface area contributed by atoms with E-state index in [-0.39, 0.29) is 30.4 Å². The van der Waals surface area contributed by atoms with Crippen molar-refractivity contribution in [2.45, 2.75) is 44.7 Å². The Bertz CT molecular complexity index is 317. The molecule has 0 spiro atoms. The van der Waals surface area contributed by atoms with Gasteiger partial charge in [0.05, 0.1) is 6.54 Å². The monoisotopic (exact) mass is 222 g/mol. The minimum Gasteiger partial charge on any atom is -0.343 e. The van der Waals surface area contributed by atoms with Crippen molar-refractivity contribution in [3.8, 4) is 0 Å². The van der Waals surface area contributed by atoms with Crippen LogP contribution in [0.2, 0.25) is 0 Å². The molecule has 0 radical (unpaired) electrons. The Kier molecular flexibility index (Phi) is 3.27. The van der Waals surface area contributed by atoms with Crippen molar-refractivity contribution in [3.63, 3.8) is 0 Å². The van der Waals surface area contributed by atoms with E-state index in [4.69, 9.17) is 0 Å². The number of hydrogen-bond acceptors (Lipinski definition) is 2. The summed E-state index contributed by atoms with van der Waals surface area (Å²) in [7, 11) is 0. The van der Waals surface area contributed by atoms with Gasteiger partial charge in [0.1, 0.15) is 6.04 Å². The molecule has 1 heterocycles. The first-order chi connectivity index (χ1) is 7.72. The largest absolute Gasteiger partial charge is 0.343 e. The van der Waals surface area contributed by atoms with Crippen LogP contribution in [-0.4, -0.2) is 35.3 Å². The molecule has 2 rings (SSSR count). The van der Waals surface area contributed by atoms with Crippen LogP contribution in [0.1, 0.15) is 32.6 Å². The second-order valence-corrected chi connectivity index (χ2v) is 4.47. The Morgan fingerprint density at radius 1 is 1.38 bits per heavy atom. The van der Waals surface area contributed by atoms with Crippen molar-refractivity contribution in [1.82, 2.24) is 10.2 Å². The van der Waals surface area contributed by atoms with Crippen molar-refractivity contribution < 1.29 is 9.59 Å². The SMILES string of the molecule is CCCC1NC(=O)CN(C2CC=CC2)C1=O. The Morgan fingerprint density at radius 3 is 2.69 bits per heavy atom. The van der Waals surface area contributed by atoms with E-state index in [1.165, 1.54) is 0 Å². The minimum atomic E-state index is -0.299. The highest BCUT2D eigenvalue weighted by atomic mass is 16.2. The topological polar surface area (TPSA) is 49.4 Å². The van der Waals surface area contributed by atoms with Gasteiger partial charge < -0.3 is 10.2 Å². The highest BCUT2D eigenvalue weighted by Gasteiger charge is 2.35. The van der Waals surface area contributed by atoms with Crippen LogP contribution < -0.4 is 5.32 Å². The Labute approximate surface area is 95.7 Å². The molecule has 1 aliphatic carbocycles. The van der Waals surface area contributed by atoms with Crippen molar-refractivity contribution in [2.75, 3.05) is 6.54 Å². The molecule has 1 aliphatic heterocycles. The van der Waals surface area contributed by atoms with E-state index in [0.717, 1.165) is 25.7 Å². The minimum absolute atomic E-state index is 0.0232. The maximum Gasteiger partial charge on any atom is 0.245 e. The number of carbonyl (C=O) groups is 2. The van der Waals surface area contributed by atoms with Crippen molar-refractivity contribution in [3.05, 3.63) is 12.2 Å². The van der Waals surface area contributed by atoms with Crippen LogP contribution in [0.3, 0.4) is 0 Å². The van der Waals surface area contributed by atoms with Gasteiger partial charge in [-0.2, -0.15) is 0 Å². The Morgan fingerprint density at radius 2 is 2.06 bits per heavy atom. The first-order valence-electron chi connectivity index (χ1n) is 5.97. The van der Waals surface area contributed by atoms with Gasteiger partial charge in [0.2, 0.25) is 11.8 Å². The zero-order valence-electron chi connectivity index (χ0n) is 9.61. The van der Waals surface area contributed by atoms with E-state index in [1.54, 1.807) is 4.90 Å². The van der Waals surface area contributed by atoms with Gasteiger partial charge >= 0.3 is 0 Å². The molecule has 88 valence electrons. The van der Waals surface area contributed by atoms with Gasteiger partial charge in [-0.05, 0) is 19.3 Å². The number of nitrogens with one attached hydrogen (secondary N) is 1. The van der Waals surface area contributed by atoms with Crippen LogP contribution in [-0.2, 0) is 9.59 Å². The van der Waals surface area contributed by atoms with Crippen molar-refractivity contribution in [2.24, 2.45) is 0 Å². The lowest BCUT2D eigenvalue weighted by Crippen LogP contribution is -2.60. The summed E-state index contributed by atoms with van der Waals surface area (Å²) < 4.78 is 0. The molecule has 2 aliphatic rings. The lowest BCUT2D eigenvalue weighted by atomic mass is 10.1. The highest BCUT2D eigenvalue weighted by molar-refractivity contribution is 5.95. The van der Waals surface area contributed by atoms with E-state index < -0.39 is 0 Å². The molecule has 0 aromatic carbocycles. The molecule has 1 saturated heterocycles. The third kappa shape index (κ3) is 2.10. The van der Waals surface area contributed by atoms with Gasteiger partial charge in [0.25, 0.3) is 0 Å². The fraction of sp³-hybridized carbons (Fsp3) is 0.667. The number of nitrogens with zero attached hydrogens (tertiary/aromatic N) is 1. The first kappa shape index (κ1) is 11.2. The van der Waals surface area contributed by atoms with Crippen LogP contribution >= 0.6 is 0 Å². The van der Waals surface area contributed by atoms with Crippen molar-refractivity contribution >= 4 is 11.8 Å². The van der Waals surface area contributed by atoms with Gasteiger partial charge in [-0.3, -0.25) is 9.59 Å². The molecule has 1 fully saturated rings. The summed E-state index contributed by atoms with van der Waals surface area (Å²) in [5.41, 5.74) is 0. The van der Waals surface area contributed by atoms with Crippen molar-refractivity contribution in [1.29, 1.82) is 0 Å². The predicted molar refractivity (Wildman–Crippen MR) is 60.7 cm³/mol. The van der Waals surface area contributed by atoms with Crippen LogP contribution in [0.15, 0.2) is 12.2 Å². The van der Waals surface area contributed by atoms with E-state index in [9.17, 15) is 9.59 Å². The summed E-state index contributed by atoms with van der Waals surface area (Å²) in [5, 5.41) is 2.77. The van der Waals surface area contributed by atoms with Crippen LogP contribution in [0.25, 0.3) is 0 Å². The molecule has 0 aromatic heterocycles. The highest BCUT2D eigenvalue weighted by Crippen LogP contribution is 2.20. The van der Waals surface area contributed by atoms with Gasteiger partial charge in [-0.15, -0.1) is 0 Å². The maximum atomic E-state index is 12.1. The smallest absolute Gasteiger partial charge is 0.245 e. The zero-order valence-corrected chi connectivity index (χ0v) is 9.61. The average molecular weight is 222 g/mol. The molecule has 2 amide bonds. The fourth-order valence-electron chi connectivity index (χ4n) is 2.39.